The molecule has 0 fully saturated rings. The number of aromatic nitrogens is 1. The highest BCUT2D eigenvalue weighted by Crippen LogP contribution is 2.47. The van der Waals surface area contributed by atoms with E-state index in [9.17, 15) is 8.96 Å². The minimum absolute atomic E-state index is 0.0473. The highest BCUT2D eigenvalue weighted by atomic mass is 32.1. The van der Waals surface area contributed by atoms with E-state index in [1.54, 1.807) is 36.4 Å². The van der Waals surface area contributed by atoms with Crippen LogP contribution in [0.1, 0.15) is 0 Å². The predicted octanol–water partition coefficient (Wildman–Crippen LogP) is 4.74. The quantitative estimate of drug-likeness (QED) is 0.488. The first-order valence-corrected chi connectivity index (χ1v) is 10.1. The SMILES string of the molecule is O=P(Oc1ccccc1F)(c1ccccc1)c1nc2ccccc2s1. The fourth-order valence-electron chi connectivity index (χ4n) is 2.47. The van der Waals surface area contributed by atoms with E-state index >= 15 is 0 Å². The van der Waals surface area contributed by atoms with Gasteiger partial charge in [-0.3, -0.25) is 4.57 Å². The van der Waals surface area contributed by atoms with Gasteiger partial charge in [0.1, 0.15) is 0 Å². The molecular weight excluding hydrogens is 356 g/mol. The molecule has 0 aliphatic heterocycles. The minimum Gasteiger partial charge on any atom is -0.432 e. The second-order valence-electron chi connectivity index (χ2n) is 5.37. The first-order chi connectivity index (χ1) is 12.2. The summed E-state index contributed by atoms with van der Waals surface area (Å²) in [6, 6.07) is 22.3. The van der Waals surface area contributed by atoms with Crippen LogP contribution >= 0.6 is 18.7 Å². The van der Waals surface area contributed by atoms with Crippen molar-refractivity contribution in [1.82, 2.24) is 4.98 Å². The van der Waals surface area contributed by atoms with E-state index in [-0.39, 0.29) is 5.75 Å². The molecule has 0 spiro atoms. The van der Waals surface area contributed by atoms with Crippen molar-refractivity contribution in [2.45, 2.75) is 0 Å². The Hall–Kier alpha value is -2.49. The average molecular weight is 369 g/mol. The first kappa shape index (κ1) is 16.0. The zero-order valence-corrected chi connectivity index (χ0v) is 14.7. The van der Waals surface area contributed by atoms with E-state index in [2.05, 4.69) is 4.98 Å². The fraction of sp³-hybridized carbons (Fsp3) is 0. The van der Waals surface area contributed by atoms with Crippen LogP contribution in [0.2, 0.25) is 0 Å². The van der Waals surface area contributed by atoms with Crippen molar-refractivity contribution in [1.29, 1.82) is 0 Å². The Morgan fingerprint density at radius 1 is 0.880 bits per heavy atom. The van der Waals surface area contributed by atoms with Crippen molar-refractivity contribution in [3.8, 4) is 5.75 Å². The van der Waals surface area contributed by atoms with Crippen molar-refractivity contribution < 1.29 is 13.5 Å². The van der Waals surface area contributed by atoms with Crippen molar-refractivity contribution in [2.75, 3.05) is 0 Å². The lowest BCUT2D eigenvalue weighted by molar-refractivity contribution is 0.475. The number of nitrogens with zero attached hydrogens (tertiary/aromatic N) is 1. The standard InChI is InChI=1S/C19H13FNO2PS/c20-15-10-4-6-12-17(15)23-24(22,14-8-2-1-3-9-14)19-21-16-11-5-7-13-18(16)25-19/h1-13H. The lowest BCUT2D eigenvalue weighted by Crippen LogP contribution is -2.20. The number of halogens is 1. The highest BCUT2D eigenvalue weighted by Gasteiger charge is 2.34. The summed E-state index contributed by atoms with van der Waals surface area (Å²) in [7, 11) is -3.58. The van der Waals surface area contributed by atoms with Gasteiger partial charge >= 0.3 is 7.37 Å². The number of hydrogen-bond acceptors (Lipinski definition) is 4. The second kappa shape index (κ2) is 6.43. The summed E-state index contributed by atoms with van der Waals surface area (Å²) < 4.78 is 35.0. The Bertz CT molecular complexity index is 1050. The molecule has 0 aliphatic carbocycles. The smallest absolute Gasteiger partial charge is 0.334 e. The van der Waals surface area contributed by atoms with Crippen LogP contribution in [0.15, 0.2) is 78.9 Å². The summed E-state index contributed by atoms with van der Waals surface area (Å²) in [5, 5.41) is 0.484. The maximum absolute atomic E-state index is 14.1. The molecule has 0 N–H and O–H groups in total. The molecule has 0 saturated carbocycles. The van der Waals surface area contributed by atoms with Crippen molar-refractivity contribution >= 4 is 39.0 Å². The number of thiazole rings is 1. The maximum Gasteiger partial charge on any atom is 0.334 e. The summed E-state index contributed by atoms with van der Waals surface area (Å²) in [5.41, 5.74) is 0.746. The van der Waals surface area contributed by atoms with Gasteiger partial charge in [0.25, 0.3) is 0 Å². The monoisotopic (exact) mass is 369 g/mol. The van der Waals surface area contributed by atoms with Gasteiger partial charge in [-0.1, -0.05) is 42.5 Å². The molecule has 1 atom stereocenters. The van der Waals surface area contributed by atoms with Crippen molar-refractivity contribution in [3.05, 3.63) is 84.7 Å². The van der Waals surface area contributed by atoms with Crippen LogP contribution in [0.3, 0.4) is 0 Å². The molecule has 0 amide bonds. The average Bonchev–Trinajstić information content (AvgIpc) is 3.09. The Morgan fingerprint density at radius 3 is 2.32 bits per heavy atom. The summed E-state index contributed by atoms with van der Waals surface area (Å²) in [6.07, 6.45) is 0. The predicted molar refractivity (Wildman–Crippen MR) is 100.0 cm³/mol. The maximum atomic E-state index is 14.1. The molecule has 25 heavy (non-hydrogen) atoms. The van der Waals surface area contributed by atoms with Crippen LogP contribution in [-0.2, 0) is 4.57 Å². The van der Waals surface area contributed by atoms with E-state index in [1.165, 1.54) is 23.5 Å². The van der Waals surface area contributed by atoms with Crippen LogP contribution in [-0.4, -0.2) is 4.98 Å². The molecule has 1 heterocycles. The second-order valence-corrected chi connectivity index (χ2v) is 8.93. The molecule has 0 aliphatic rings. The lowest BCUT2D eigenvalue weighted by atomic mass is 10.3. The number of para-hydroxylation sites is 2. The highest BCUT2D eigenvalue weighted by molar-refractivity contribution is 7.79. The van der Waals surface area contributed by atoms with Gasteiger partial charge in [-0.05, 0) is 36.4 Å². The molecule has 6 heteroatoms. The van der Waals surface area contributed by atoms with Crippen LogP contribution < -0.4 is 14.6 Å². The lowest BCUT2D eigenvalue weighted by Gasteiger charge is -2.18. The largest absolute Gasteiger partial charge is 0.432 e. The third-order valence-corrected chi connectivity index (χ3v) is 7.56. The van der Waals surface area contributed by atoms with Gasteiger partial charge in [-0.2, -0.15) is 0 Å². The summed E-state index contributed by atoms with van der Waals surface area (Å²) >= 11 is 1.30. The summed E-state index contributed by atoms with van der Waals surface area (Å²) in [5.74, 6) is -0.603. The van der Waals surface area contributed by atoms with Gasteiger partial charge in [-0.25, -0.2) is 9.37 Å². The molecule has 0 radical (unpaired) electrons. The first-order valence-electron chi connectivity index (χ1n) is 7.63. The normalized spacial score (nSPS) is 13.5. The number of hydrogen-bond donors (Lipinski definition) is 0. The van der Waals surface area contributed by atoms with Crippen molar-refractivity contribution in [2.24, 2.45) is 0 Å². The molecule has 0 saturated heterocycles. The van der Waals surface area contributed by atoms with E-state index in [0.29, 0.717) is 10.1 Å². The van der Waals surface area contributed by atoms with Crippen molar-refractivity contribution in [3.63, 3.8) is 0 Å². The van der Waals surface area contributed by atoms with Gasteiger partial charge in [0, 0.05) is 0 Å². The Balaban J connectivity index is 1.90. The van der Waals surface area contributed by atoms with Gasteiger partial charge in [0.15, 0.2) is 16.3 Å². The van der Waals surface area contributed by atoms with E-state index in [1.807, 2.05) is 30.3 Å². The van der Waals surface area contributed by atoms with Gasteiger partial charge in [0.2, 0.25) is 0 Å². The number of fused-ring (bicyclic) bond motifs is 1. The molecule has 4 aromatic rings. The molecule has 0 bridgehead atoms. The molecule has 3 aromatic carbocycles. The molecule has 3 nitrogen and oxygen atoms in total. The Kier molecular flexibility index (Phi) is 4.12. The molecule has 4 rings (SSSR count). The number of rotatable bonds is 4. The third-order valence-electron chi connectivity index (χ3n) is 3.69. The molecule has 1 aromatic heterocycles. The van der Waals surface area contributed by atoms with E-state index in [4.69, 9.17) is 4.52 Å². The van der Waals surface area contributed by atoms with Crippen LogP contribution in [0, 0.1) is 5.82 Å². The zero-order valence-electron chi connectivity index (χ0n) is 13.0. The Morgan fingerprint density at radius 2 is 1.56 bits per heavy atom. The number of benzene rings is 3. The zero-order chi connectivity index (χ0) is 17.3. The minimum atomic E-state index is -3.58. The van der Waals surface area contributed by atoms with Gasteiger partial charge in [0.05, 0.1) is 15.5 Å². The van der Waals surface area contributed by atoms with E-state index in [0.717, 1.165) is 10.2 Å². The topological polar surface area (TPSA) is 39.2 Å². The molecular formula is C19H13FNO2PS. The third kappa shape index (κ3) is 2.97. The van der Waals surface area contributed by atoms with Crippen LogP contribution in [0.25, 0.3) is 10.2 Å². The van der Waals surface area contributed by atoms with Crippen LogP contribution in [0.5, 0.6) is 5.75 Å². The fourth-order valence-corrected chi connectivity index (χ4v) is 6.01. The Labute approximate surface area is 148 Å². The van der Waals surface area contributed by atoms with Gasteiger partial charge in [-0.15, -0.1) is 11.3 Å². The van der Waals surface area contributed by atoms with Crippen LogP contribution in [0.4, 0.5) is 4.39 Å². The summed E-state index contributed by atoms with van der Waals surface area (Å²) in [6.45, 7) is 0. The summed E-state index contributed by atoms with van der Waals surface area (Å²) in [4.78, 5) is 4.49. The molecule has 1 unspecified atom stereocenters. The van der Waals surface area contributed by atoms with E-state index < -0.39 is 13.2 Å². The van der Waals surface area contributed by atoms with Gasteiger partial charge < -0.3 is 4.52 Å². The molecule has 124 valence electrons.